The number of hydrogen-bond acceptors (Lipinski definition) is 11. The molecule has 5 unspecified atom stereocenters. The van der Waals surface area contributed by atoms with Gasteiger partial charge in [0.1, 0.15) is 17.7 Å². The maximum atomic E-state index is 12.0. The Labute approximate surface area is 181 Å². The van der Waals surface area contributed by atoms with Crippen molar-refractivity contribution in [2.75, 3.05) is 32.7 Å². The first-order chi connectivity index (χ1) is 14.8. The van der Waals surface area contributed by atoms with Crippen LogP contribution >= 0.6 is 23.5 Å². The Morgan fingerprint density at radius 3 is 2.59 bits per heavy atom. The molecule has 5 atom stereocenters. The van der Waals surface area contributed by atoms with Crippen LogP contribution in [0, 0.1) is 0 Å². The number of aliphatic imine (C=N–C) groups is 1. The highest BCUT2D eigenvalue weighted by molar-refractivity contribution is 7.66. The third-order valence-corrected chi connectivity index (χ3v) is 8.29. The Bertz CT molecular complexity index is 1010. The van der Waals surface area contributed by atoms with Gasteiger partial charge in [-0.2, -0.15) is 8.62 Å². The van der Waals surface area contributed by atoms with Crippen LogP contribution in [0.1, 0.15) is 18.3 Å². The molecule has 1 fully saturated rings. The monoisotopic (exact) mass is 520 g/mol. The van der Waals surface area contributed by atoms with E-state index >= 15 is 0 Å². The Hall–Kier alpha value is -1.19. The van der Waals surface area contributed by atoms with E-state index < -0.39 is 42.4 Å². The summed E-state index contributed by atoms with van der Waals surface area (Å²) in [5.41, 5.74) is 0.597. The summed E-state index contributed by atoms with van der Waals surface area (Å²) >= 11 is 0. The number of rotatable bonds is 9. The number of amidine groups is 1. The molecule has 0 bridgehead atoms. The number of anilines is 1. The lowest BCUT2D eigenvalue weighted by Gasteiger charge is -2.22. The van der Waals surface area contributed by atoms with Gasteiger partial charge < -0.3 is 40.3 Å². The molecule has 32 heavy (non-hydrogen) atoms. The molecule has 1 aromatic rings. The van der Waals surface area contributed by atoms with Gasteiger partial charge in [0.05, 0.1) is 25.7 Å². The summed E-state index contributed by atoms with van der Waals surface area (Å²) in [6.45, 7) is -0.137. The quantitative estimate of drug-likeness (QED) is 0.202. The molecule has 3 rings (SSSR count). The standard InChI is InChI=1S/C12H23N6O11P3/c1-13-7-3-9(18-6-17-10-11(14-2)15-5-16-12(10)18)27-8(7)4-26-31(22,23)29-32(24,25)28-30(19,20)21/h6-9,13,16H,3-5H2,1-2H3,(H,14,15)(H,22,23)(H,24,25)(H2,19,20,21). The highest BCUT2D eigenvalue weighted by Gasteiger charge is 2.43. The predicted molar refractivity (Wildman–Crippen MR) is 108 cm³/mol. The van der Waals surface area contributed by atoms with E-state index in [-0.39, 0.29) is 6.04 Å². The molecule has 0 spiro atoms. The second kappa shape index (κ2) is 9.58. The number of nitrogens with one attached hydrogen (secondary N) is 3. The zero-order chi connectivity index (χ0) is 23.7. The van der Waals surface area contributed by atoms with Gasteiger partial charge in [0.25, 0.3) is 0 Å². The van der Waals surface area contributed by atoms with Crippen LogP contribution < -0.4 is 16.0 Å². The average Bonchev–Trinajstić information content (AvgIpc) is 3.26. The summed E-state index contributed by atoms with van der Waals surface area (Å²) < 4.78 is 53.8. The van der Waals surface area contributed by atoms with Gasteiger partial charge in [0, 0.05) is 19.5 Å². The van der Waals surface area contributed by atoms with Crippen molar-refractivity contribution in [2.45, 2.75) is 24.8 Å². The number of phosphoric acid groups is 3. The van der Waals surface area contributed by atoms with E-state index in [4.69, 9.17) is 19.0 Å². The van der Waals surface area contributed by atoms with Crippen LogP contribution in [0.2, 0.25) is 0 Å². The second-order valence-electron chi connectivity index (χ2n) is 6.60. The predicted octanol–water partition coefficient (Wildman–Crippen LogP) is -0.549. The van der Waals surface area contributed by atoms with E-state index in [0.717, 1.165) is 0 Å². The molecule has 20 heteroatoms. The fraction of sp³-hybridized carbons (Fsp3) is 0.667. The van der Waals surface area contributed by atoms with E-state index in [0.29, 0.717) is 30.4 Å². The Balaban J connectivity index is 1.66. The topological polar surface area (TPSA) is 235 Å². The summed E-state index contributed by atoms with van der Waals surface area (Å²) in [6, 6.07) is -0.355. The minimum absolute atomic E-state index is 0.355. The molecule has 0 saturated carbocycles. The number of nitrogens with zero attached hydrogens (tertiary/aromatic N) is 3. The molecular formula is C12H23N6O11P3. The van der Waals surface area contributed by atoms with E-state index in [1.807, 2.05) is 0 Å². The lowest BCUT2D eigenvalue weighted by atomic mass is 10.1. The van der Waals surface area contributed by atoms with Crippen molar-refractivity contribution in [2.24, 2.45) is 4.99 Å². The van der Waals surface area contributed by atoms with Gasteiger partial charge in [-0.3, -0.25) is 14.1 Å². The molecule has 0 radical (unpaired) electrons. The number of imidazole rings is 1. The van der Waals surface area contributed by atoms with Gasteiger partial charge in [0.15, 0.2) is 5.84 Å². The van der Waals surface area contributed by atoms with Gasteiger partial charge in [-0.1, -0.05) is 0 Å². The Kier molecular flexibility index (Phi) is 7.62. The first-order valence-corrected chi connectivity index (χ1v) is 13.5. The highest BCUT2D eigenvalue weighted by atomic mass is 31.3. The fourth-order valence-corrected chi connectivity index (χ4v) is 6.27. The van der Waals surface area contributed by atoms with E-state index in [2.05, 4.69) is 34.5 Å². The highest BCUT2D eigenvalue weighted by Crippen LogP contribution is 2.66. The Morgan fingerprint density at radius 2 is 1.97 bits per heavy atom. The van der Waals surface area contributed by atoms with Crippen molar-refractivity contribution < 1.29 is 51.2 Å². The second-order valence-corrected chi connectivity index (χ2v) is 11.0. The lowest BCUT2D eigenvalue weighted by molar-refractivity contribution is -0.0253. The van der Waals surface area contributed by atoms with Gasteiger partial charge in [-0.25, -0.2) is 18.7 Å². The minimum Gasteiger partial charge on any atom is -0.352 e. The smallest absolute Gasteiger partial charge is 0.352 e. The molecule has 0 aromatic carbocycles. The lowest BCUT2D eigenvalue weighted by Crippen LogP contribution is -2.36. The summed E-state index contributed by atoms with van der Waals surface area (Å²) in [7, 11) is -13.0. The number of phosphoric ester groups is 1. The molecule has 0 amide bonds. The maximum absolute atomic E-state index is 12.0. The van der Waals surface area contributed by atoms with Crippen LogP contribution in [0.4, 0.5) is 5.82 Å². The van der Waals surface area contributed by atoms with Crippen molar-refractivity contribution in [1.82, 2.24) is 20.2 Å². The summed E-state index contributed by atoms with van der Waals surface area (Å²) in [6.07, 6.45) is 0.630. The maximum Gasteiger partial charge on any atom is 0.490 e. The third-order valence-electron chi connectivity index (χ3n) is 4.49. The zero-order valence-corrected chi connectivity index (χ0v) is 19.4. The molecule has 7 N–H and O–H groups in total. The molecule has 3 heterocycles. The molecular weight excluding hydrogens is 497 g/mol. The minimum atomic E-state index is -5.59. The first kappa shape index (κ1) is 25.4. The first-order valence-electron chi connectivity index (χ1n) is 8.97. The van der Waals surface area contributed by atoms with Crippen LogP contribution in [0.25, 0.3) is 0 Å². The Morgan fingerprint density at radius 1 is 1.25 bits per heavy atom. The van der Waals surface area contributed by atoms with Crippen LogP contribution in [-0.2, 0) is 31.6 Å². The van der Waals surface area contributed by atoms with Crippen LogP contribution in [0.15, 0.2) is 11.3 Å². The van der Waals surface area contributed by atoms with Crippen molar-refractivity contribution in [1.29, 1.82) is 0 Å². The van der Waals surface area contributed by atoms with E-state index in [9.17, 15) is 23.5 Å². The molecule has 1 saturated heterocycles. The largest absolute Gasteiger partial charge is 0.490 e. The molecule has 2 aliphatic heterocycles. The van der Waals surface area contributed by atoms with Crippen molar-refractivity contribution in [3.8, 4) is 0 Å². The van der Waals surface area contributed by atoms with E-state index in [1.54, 1.807) is 25.0 Å². The number of likely N-dealkylation sites (N-methyl/N-ethyl adjacent to an activating group) is 1. The molecule has 0 aliphatic carbocycles. The van der Waals surface area contributed by atoms with Crippen LogP contribution in [0.5, 0.6) is 0 Å². The molecule has 2 aliphatic rings. The number of ether oxygens (including phenoxy) is 1. The van der Waals surface area contributed by atoms with Crippen LogP contribution in [-0.4, -0.2) is 74.5 Å². The van der Waals surface area contributed by atoms with Gasteiger partial charge in [-0.15, -0.1) is 0 Å². The van der Waals surface area contributed by atoms with Crippen molar-refractivity contribution in [3.63, 3.8) is 0 Å². The zero-order valence-electron chi connectivity index (χ0n) is 16.8. The summed E-state index contributed by atoms with van der Waals surface area (Å²) in [4.78, 5) is 44.5. The summed E-state index contributed by atoms with van der Waals surface area (Å²) in [5, 5.41) is 9.16. The van der Waals surface area contributed by atoms with E-state index in [1.165, 1.54) is 0 Å². The molecule has 182 valence electrons. The van der Waals surface area contributed by atoms with Gasteiger partial charge in [-0.05, 0) is 7.05 Å². The molecule has 1 aromatic heterocycles. The van der Waals surface area contributed by atoms with Crippen LogP contribution in [0.3, 0.4) is 0 Å². The SMILES string of the molecule is CN=C1NCNc2c1ncn2C1CC(NC)C(COP(=O)(O)OP(=O)(O)OP(=O)(O)O)O1. The molecule has 17 nitrogen and oxygen atoms in total. The van der Waals surface area contributed by atoms with Gasteiger partial charge >= 0.3 is 23.5 Å². The fourth-order valence-electron chi connectivity index (χ4n) is 3.24. The number of hydrogen-bond donors (Lipinski definition) is 7. The van der Waals surface area contributed by atoms with Crippen molar-refractivity contribution >= 4 is 35.1 Å². The summed E-state index contributed by atoms with van der Waals surface area (Å²) in [5.74, 6) is 1.27. The number of fused-ring (bicyclic) bond motifs is 1. The average molecular weight is 520 g/mol. The van der Waals surface area contributed by atoms with Crippen molar-refractivity contribution in [3.05, 3.63) is 12.0 Å². The van der Waals surface area contributed by atoms with Gasteiger partial charge in [0.2, 0.25) is 0 Å². The number of aromatic nitrogens is 2. The third kappa shape index (κ3) is 6.23. The normalized spacial score (nSPS) is 28.4.